The van der Waals surface area contributed by atoms with Gasteiger partial charge in [-0.2, -0.15) is 0 Å². The number of aryl methyl sites for hydroxylation is 1. The van der Waals surface area contributed by atoms with E-state index >= 15 is 0 Å². The van der Waals surface area contributed by atoms with E-state index in [0.29, 0.717) is 25.9 Å². The summed E-state index contributed by atoms with van der Waals surface area (Å²) in [7, 11) is -1.02. The van der Waals surface area contributed by atoms with Crippen LogP contribution in [0.1, 0.15) is 48.8 Å². The Morgan fingerprint density at radius 3 is 2.70 bits per heavy atom. The Hall–Kier alpha value is -1.92. The lowest BCUT2D eigenvalue weighted by atomic mass is 9.76. The Kier molecular flexibility index (Phi) is 7.89. The number of likely N-dealkylation sites (N-methyl/N-ethyl adjacent to an activating group) is 1. The summed E-state index contributed by atoms with van der Waals surface area (Å²) in [5.74, 6) is 1.12. The highest BCUT2D eigenvalue weighted by Gasteiger charge is 2.29. The molecule has 6 heteroatoms. The van der Waals surface area contributed by atoms with E-state index in [-0.39, 0.29) is 29.3 Å². The molecule has 0 amide bonds. The lowest BCUT2D eigenvalue weighted by molar-refractivity contribution is 0.315. The molecule has 0 aromatic heterocycles. The summed E-state index contributed by atoms with van der Waals surface area (Å²) in [4.78, 5) is 0. The number of nitrogens with one attached hydrogen (secondary N) is 1. The number of rotatable bonds is 10. The van der Waals surface area contributed by atoms with Crippen LogP contribution in [0.15, 0.2) is 42.5 Å². The maximum absolute atomic E-state index is 14.3. The summed E-state index contributed by atoms with van der Waals surface area (Å²) >= 11 is 0. The molecule has 2 aromatic carbocycles. The molecule has 2 unspecified atom stereocenters. The molecule has 0 spiro atoms. The van der Waals surface area contributed by atoms with Crippen LogP contribution in [0.4, 0.5) is 4.39 Å². The molecular formula is C24H32FNO3S. The molecule has 1 aliphatic rings. The molecular weight excluding hydrogens is 401 g/mol. The zero-order valence-corrected chi connectivity index (χ0v) is 18.7. The number of hydrogen-bond donors (Lipinski definition) is 1. The summed E-state index contributed by atoms with van der Waals surface area (Å²) < 4.78 is 43.9. The van der Waals surface area contributed by atoms with Crippen molar-refractivity contribution in [2.24, 2.45) is 0 Å². The molecule has 30 heavy (non-hydrogen) atoms. The fourth-order valence-electron chi connectivity index (χ4n) is 4.35. The number of fused-ring (bicyclic) bond motifs is 1. The summed E-state index contributed by atoms with van der Waals surface area (Å²) in [5.41, 5.74) is 3.20. The van der Waals surface area contributed by atoms with Gasteiger partial charge in [0.15, 0.2) is 0 Å². The highest BCUT2D eigenvalue weighted by molar-refractivity contribution is 7.91. The average molecular weight is 434 g/mol. The number of benzene rings is 2. The number of halogens is 1. The summed E-state index contributed by atoms with van der Waals surface area (Å²) in [6, 6.07) is 13.3. The van der Waals surface area contributed by atoms with Crippen LogP contribution in [0.2, 0.25) is 0 Å². The molecule has 0 saturated heterocycles. The Balaban J connectivity index is 1.72. The molecule has 3 rings (SSSR count). The Bertz CT molecular complexity index is 945. The SMILES string of the molecule is CCCS(=O)(=O)CCCOc1ccc2c(c1)C(Cc1ccccc1F)C(NC)CC2. The Labute approximate surface area is 179 Å². The van der Waals surface area contributed by atoms with Crippen LogP contribution in [0.3, 0.4) is 0 Å². The van der Waals surface area contributed by atoms with Crippen molar-refractivity contribution in [3.05, 3.63) is 65.0 Å². The van der Waals surface area contributed by atoms with Crippen LogP contribution in [-0.4, -0.2) is 39.6 Å². The van der Waals surface area contributed by atoms with Crippen molar-refractivity contribution in [3.63, 3.8) is 0 Å². The fraction of sp³-hybridized carbons (Fsp3) is 0.500. The summed E-state index contributed by atoms with van der Waals surface area (Å²) in [6.45, 7) is 2.24. The van der Waals surface area contributed by atoms with Crippen LogP contribution in [0.5, 0.6) is 5.75 Å². The van der Waals surface area contributed by atoms with Gasteiger partial charge in [0, 0.05) is 17.7 Å². The molecule has 0 radical (unpaired) electrons. The third-order valence-corrected chi connectivity index (χ3v) is 7.82. The maximum atomic E-state index is 14.3. The standard InChI is InChI=1S/C24H32FNO3S/c1-3-14-30(27,28)15-6-13-29-20-11-9-18-10-12-24(26-2)22(21(18)17-20)16-19-7-4-5-8-23(19)25/h4-5,7-9,11,17,22,24,26H,3,6,10,12-16H2,1-2H3. The van der Waals surface area contributed by atoms with E-state index in [9.17, 15) is 12.8 Å². The largest absolute Gasteiger partial charge is 0.494 e. The predicted molar refractivity (Wildman–Crippen MR) is 120 cm³/mol. The Morgan fingerprint density at radius 2 is 1.97 bits per heavy atom. The summed E-state index contributed by atoms with van der Waals surface area (Å²) in [5, 5.41) is 3.40. The van der Waals surface area contributed by atoms with Crippen molar-refractivity contribution in [2.75, 3.05) is 25.2 Å². The highest BCUT2D eigenvalue weighted by atomic mass is 32.2. The number of sulfone groups is 1. The lowest BCUT2D eigenvalue weighted by Crippen LogP contribution is -2.37. The molecule has 0 heterocycles. The minimum absolute atomic E-state index is 0.156. The number of hydrogen-bond acceptors (Lipinski definition) is 4. The van der Waals surface area contributed by atoms with Gasteiger partial charge in [-0.05, 0) is 74.0 Å². The molecule has 1 N–H and O–H groups in total. The first-order valence-corrected chi connectivity index (χ1v) is 12.6. The second-order valence-electron chi connectivity index (χ2n) is 8.05. The van der Waals surface area contributed by atoms with Crippen LogP contribution in [0.25, 0.3) is 0 Å². The van der Waals surface area contributed by atoms with E-state index in [1.807, 2.05) is 32.2 Å². The third-order valence-electron chi connectivity index (χ3n) is 5.88. The van der Waals surface area contributed by atoms with Crippen molar-refractivity contribution in [2.45, 2.75) is 51.0 Å². The van der Waals surface area contributed by atoms with Gasteiger partial charge in [-0.15, -0.1) is 0 Å². The van der Waals surface area contributed by atoms with Crippen molar-refractivity contribution < 1.29 is 17.5 Å². The second kappa shape index (κ2) is 10.4. The smallest absolute Gasteiger partial charge is 0.150 e. The molecule has 164 valence electrons. The van der Waals surface area contributed by atoms with Gasteiger partial charge in [0.2, 0.25) is 0 Å². The van der Waals surface area contributed by atoms with Gasteiger partial charge in [0.25, 0.3) is 0 Å². The molecule has 1 aliphatic carbocycles. The zero-order chi connectivity index (χ0) is 21.6. The lowest BCUT2D eigenvalue weighted by Gasteiger charge is -2.34. The van der Waals surface area contributed by atoms with Crippen molar-refractivity contribution >= 4 is 9.84 Å². The van der Waals surface area contributed by atoms with E-state index in [1.54, 1.807) is 6.07 Å². The van der Waals surface area contributed by atoms with Crippen LogP contribution < -0.4 is 10.1 Å². The first-order valence-electron chi connectivity index (χ1n) is 10.8. The summed E-state index contributed by atoms with van der Waals surface area (Å²) in [6.07, 6.45) is 3.74. The van der Waals surface area contributed by atoms with Gasteiger partial charge in [-0.1, -0.05) is 31.2 Å². The van der Waals surface area contributed by atoms with Crippen molar-refractivity contribution in [1.29, 1.82) is 0 Å². The second-order valence-corrected chi connectivity index (χ2v) is 10.4. The monoisotopic (exact) mass is 433 g/mol. The van der Waals surface area contributed by atoms with E-state index in [4.69, 9.17) is 4.74 Å². The first kappa shape index (κ1) is 22.8. The van der Waals surface area contributed by atoms with Gasteiger partial charge in [-0.25, -0.2) is 12.8 Å². The third kappa shape index (κ3) is 5.82. The van der Waals surface area contributed by atoms with Gasteiger partial charge < -0.3 is 10.1 Å². The van der Waals surface area contributed by atoms with E-state index in [1.165, 1.54) is 17.2 Å². The topological polar surface area (TPSA) is 55.4 Å². The molecule has 0 aliphatic heterocycles. The van der Waals surface area contributed by atoms with Crippen LogP contribution in [-0.2, 0) is 22.7 Å². The molecule has 0 saturated carbocycles. The first-order chi connectivity index (χ1) is 14.4. The molecule has 0 bridgehead atoms. The Morgan fingerprint density at radius 1 is 1.17 bits per heavy atom. The van der Waals surface area contributed by atoms with Crippen molar-refractivity contribution in [3.8, 4) is 5.75 Å². The van der Waals surface area contributed by atoms with Crippen LogP contribution in [0, 0.1) is 5.82 Å². The predicted octanol–water partition coefficient (Wildman–Crippen LogP) is 4.28. The minimum atomic E-state index is -2.98. The van der Waals surface area contributed by atoms with E-state index in [0.717, 1.165) is 24.2 Å². The van der Waals surface area contributed by atoms with Gasteiger partial charge >= 0.3 is 0 Å². The van der Waals surface area contributed by atoms with E-state index in [2.05, 4.69) is 17.4 Å². The average Bonchev–Trinajstić information content (AvgIpc) is 2.73. The van der Waals surface area contributed by atoms with E-state index < -0.39 is 9.84 Å². The normalized spacial score (nSPS) is 18.8. The molecule has 2 aromatic rings. The molecule has 0 fully saturated rings. The minimum Gasteiger partial charge on any atom is -0.494 e. The number of ether oxygens (including phenoxy) is 1. The fourth-order valence-corrected chi connectivity index (χ4v) is 5.73. The van der Waals surface area contributed by atoms with Gasteiger partial charge in [0.1, 0.15) is 21.4 Å². The zero-order valence-electron chi connectivity index (χ0n) is 17.9. The van der Waals surface area contributed by atoms with Crippen molar-refractivity contribution in [1.82, 2.24) is 5.32 Å². The highest BCUT2D eigenvalue weighted by Crippen LogP contribution is 2.37. The molecule has 4 nitrogen and oxygen atoms in total. The van der Waals surface area contributed by atoms with Gasteiger partial charge in [0.05, 0.1) is 12.4 Å². The molecule has 2 atom stereocenters. The maximum Gasteiger partial charge on any atom is 0.150 e. The van der Waals surface area contributed by atoms with Crippen LogP contribution >= 0.6 is 0 Å². The quantitative estimate of drug-likeness (QED) is 0.568. The van der Waals surface area contributed by atoms with Gasteiger partial charge in [-0.3, -0.25) is 0 Å².